The van der Waals surface area contributed by atoms with E-state index in [2.05, 4.69) is 6.58 Å². The van der Waals surface area contributed by atoms with Crippen LogP contribution in [0.2, 0.25) is 0 Å². The molecular formula is C11H14O3S. The second kappa shape index (κ2) is 5.09. The summed E-state index contributed by atoms with van der Waals surface area (Å²) in [6.45, 7) is 3.26. The highest BCUT2D eigenvalue weighted by Gasteiger charge is 2.11. The van der Waals surface area contributed by atoms with Crippen molar-refractivity contribution in [3.8, 4) is 0 Å². The van der Waals surface area contributed by atoms with Crippen molar-refractivity contribution in [2.75, 3.05) is 5.75 Å². The highest BCUT2D eigenvalue weighted by molar-refractivity contribution is 7.90. The second-order valence-electron chi connectivity index (χ2n) is 3.27. The number of rotatable bonds is 5. The Morgan fingerprint density at radius 3 is 2.40 bits per heavy atom. The van der Waals surface area contributed by atoms with Crippen LogP contribution in [0.1, 0.15) is 11.1 Å². The molecule has 0 heterocycles. The molecule has 0 bridgehead atoms. The highest BCUT2D eigenvalue weighted by Crippen LogP contribution is 2.13. The maximum absolute atomic E-state index is 11.5. The minimum absolute atomic E-state index is 0.0350. The van der Waals surface area contributed by atoms with E-state index in [1.165, 1.54) is 6.08 Å². The molecule has 3 nitrogen and oxygen atoms in total. The fraction of sp³-hybridized carbons (Fsp3) is 0.273. The largest absolute Gasteiger partial charge is 0.392 e. The van der Waals surface area contributed by atoms with Gasteiger partial charge in [0.05, 0.1) is 18.1 Å². The van der Waals surface area contributed by atoms with Crippen molar-refractivity contribution in [3.05, 3.63) is 48.0 Å². The van der Waals surface area contributed by atoms with E-state index < -0.39 is 9.84 Å². The smallest absolute Gasteiger partial charge is 0.157 e. The summed E-state index contributed by atoms with van der Waals surface area (Å²) in [6, 6.07) is 6.97. The van der Waals surface area contributed by atoms with Crippen LogP contribution in [0, 0.1) is 0 Å². The van der Waals surface area contributed by atoms with Crippen LogP contribution in [0.4, 0.5) is 0 Å². The second-order valence-corrected chi connectivity index (χ2v) is 5.38. The molecule has 0 spiro atoms. The Balaban J connectivity index is 2.94. The number of hydrogen-bond acceptors (Lipinski definition) is 3. The van der Waals surface area contributed by atoms with Crippen LogP contribution in [0.3, 0.4) is 0 Å². The van der Waals surface area contributed by atoms with Crippen molar-refractivity contribution in [2.45, 2.75) is 12.4 Å². The van der Waals surface area contributed by atoms with E-state index in [1.807, 2.05) is 0 Å². The van der Waals surface area contributed by atoms with E-state index in [-0.39, 0.29) is 18.1 Å². The first-order chi connectivity index (χ1) is 7.09. The number of sulfone groups is 1. The molecular weight excluding hydrogens is 212 g/mol. The molecule has 0 saturated heterocycles. The van der Waals surface area contributed by atoms with E-state index in [1.54, 1.807) is 24.3 Å². The third kappa shape index (κ3) is 3.49. The summed E-state index contributed by atoms with van der Waals surface area (Å²) in [4.78, 5) is 0. The zero-order chi connectivity index (χ0) is 11.3. The molecule has 0 fully saturated rings. The van der Waals surface area contributed by atoms with Crippen molar-refractivity contribution in [1.29, 1.82) is 0 Å². The van der Waals surface area contributed by atoms with Gasteiger partial charge in [-0.1, -0.05) is 30.3 Å². The number of hydrogen-bond donors (Lipinski definition) is 1. The van der Waals surface area contributed by atoms with E-state index in [0.717, 1.165) is 0 Å². The minimum Gasteiger partial charge on any atom is -0.392 e. The van der Waals surface area contributed by atoms with Gasteiger partial charge in [-0.05, 0) is 11.1 Å². The fourth-order valence-corrected chi connectivity index (χ4v) is 2.56. The molecule has 0 saturated carbocycles. The Kier molecular flexibility index (Phi) is 4.05. The lowest BCUT2D eigenvalue weighted by Gasteiger charge is -2.06. The molecule has 4 heteroatoms. The lowest BCUT2D eigenvalue weighted by Crippen LogP contribution is -2.09. The SMILES string of the molecule is C=CCS(=O)(=O)Cc1ccccc1CO. The quantitative estimate of drug-likeness (QED) is 0.769. The minimum atomic E-state index is -3.15. The summed E-state index contributed by atoms with van der Waals surface area (Å²) >= 11 is 0. The van der Waals surface area contributed by atoms with Gasteiger partial charge < -0.3 is 5.11 Å². The zero-order valence-corrected chi connectivity index (χ0v) is 9.20. The zero-order valence-electron chi connectivity index (χ0n) is 8.39. The van der Waals surface area contributed by atoms with E-state index >= 15 is 0 Å². The predicted molar refractivity (Wildman–Crippen MR) is 60.1 cm³/mol. The first-order valence-electron chi connectivity index (χ1n) is 4.58. The van der Waals surface area contributed by atoms with Crippen LogP contribution < -0.4 is 0 Å². The van der Waals surface area contributed by atoms with Gasteiger partial charge in [0.1, 0.15) is 0 Å². The first kappa shape index (κ1) is 11.9. The fourth-order valence-electron chi connectivity index (χ4n) is 1.33. The standard InChI is InChI=1S/C11H14O3S/c1-2-7-15(13,14)9-11-6-4-3-5-10(11)8-12/h2-6,12H,1,7-9H2. The van der Waals surface area contributed by atoms with Gasteiger partial charge in [-0.15, -0.1) is 6.58 Å². The molecule has 0 unspecified atom stereocenters. The van der Waals surface area contributed by atoms with Gasteiger partial charge in [0.25, 0.3) is 0 Å². The normalized spacial score (nSPS) is 11.3. The summed E-state index contributed by atoms with van der Waals surface area (Å²) in [5.74, 6) is -0.0808. The Bertz CT molecular complexity index is 435. The molecule has 0 radical (unpaired) electrons. The summed E-state index contributed by atoms with van der Waals surface area (Å²) in [5, 5.41) is 9.03. The van der Waals surface area contributed by atoms with Crippen LogP contribution in [0.25, 0.3) is 0 Å². The predicted octanol–water partition coefficient (Wildman–Crippen LogP) is 1.28. The maximum Gasteiger partial charge on any atom is 0.157 e. The van der Waals surface area contributed by atoms with Gasteiger partial charge in [0.15, 0.2) is 9.84 Å². The van der Waals surface area contributed by atoms with E-state index in [0.29, 0.717) is 11.1 Å². The lowest BCUT2D eigenvalue weighted by atomic mass is 10.1. The van der Waals surface area contributed by atoms with Crippen LogP contribution in [-0.4, -0.2) is 19.3 Å². The highest BCUT2D eigenvalue weighted by atomic mass is 32.2. The third-order valence-corrected chi connectivity index (χ3v) is 3.53. The van der Waals surface area contributed by atoms with Crippen molar-refractivity contribution in [3.63, 3.8) is 0 Å². The van der Waals surface area contributed by atoms with Crippen molar-refractivity contribution in [1.82, 2.24) is 0 Å². The van der Waals surface area contributed by atoms with Crippen LogP contribution in [-0.2, 0) is 22.2 Å². The van der Waals surface area contributed by atoms with Crippen molar-refractivity contribution >= 4 is 9.84 Å². The van der Waals surface area contributed by atoms with Gasteiger partial charge >= 0.3 is 0 Å². The first-order valence-corrected chi connectivity index (χ1v) is 6.40. The molecule has 1 rings (SSSR count). The van der Waals surface area contributed by atoms with Crippen molar-refractivity contribution in [2.24, 2.45) is 0 Å². The van der Waals surface area contributed by atoms with Gasteiger partial charge in [0.2, 0.25) is 0 Å². The Hall–Kier alpha value is -1.13. The molecule has 0 amide bonds. The molecule has 1 aromatic carbocycles. The molecule has 82 valence electrons. The number of benzene rings is 1. The van der Waals surface area contributed by atoms with Gasteiger partial charge in [-0.2, -0.15) is 0 Å². The molecule has 0 aromatic heterocycles. The summed E-state index contributed by atoms with van der Waals surface area (Å²) in [7, 11) is -3.15. The monoisotopic (exact) mass is 226 g/mol. The Labute approximate surface area is 90.0 Å². The topological polar surface area (TPSA) is 54.4 Å². The number of aliphatic hydroxyl groups excluding tert-OH is 1. The molecule has 0 aliphatic rings. The third-order valence-electron chi connectivity index (χ3n) is 2.04. The summed E-state index contributed by atoms with van der Waals surface area (Å²) < 4.78 is 23.0. The van der Waals surface area contributed by atoms with E-state index in [4.69, 9.17) is 5.11 Å². The molecule has 15 heavy (non-hydrogen) atoms. The van der Waals surface area contributed by atoms with Crippen LogP contribution >= 0.6 is 0 Å². The van der Waals surface area contributed by atoms with Gasteiger partial charge in [0, 0.05) is 0 Å². The molecule has 0 atom stereocenters. The van der Waals surface area contributed by atoms with E-state index in [9.17, 15) is 8.42 Å². The maximum atomic E-state index is 11.5. The average Bonchev–Trinajstić information content (AvgIpc) is 2.17. The Morgan fingerprint density at radius 1 is 1.27 bits per heavy atom. The molecule has 0 aliphatic carbocycles. The average molecular weight is 226 g/mol. The summed E-state index contributed by atoms with van der Waals surface area (Å²) in [5.41, 5.74) is 1.31. The molecule has 1 aromatic rings. The van der Waals surface area contributed by atoms with Crippen molar-refractivity contribution < 1.29 is 13.5 Å². The van der Waals surface area contributed by atoms with Crippen LogP contribution in [0.15, 0.2) is 36.9 Å². The lowest BCUT2D eigenvalue weighted by molar-refractivity contribution is 0.281. The molecule has 1 N–H and O–H groups in total. The van der Waals surface area contributed by atoms with Gasteiger partial charge in [-0.3, -0.25) is 0 Å². The van der Waals surface area contributed by atoms with Gasteiger partial charge in [-0.25, -0.2) is 8.42 Å². The van der Waals surface area contributed by atoms with Crippen LogP contribution in [0.5, 0.6) is 0 Å². The molecule has 0 aliphatic heterocycles. The summed E-state index contributed by atoms with van der Waals surface area (Å²) in [6.07, 6.45) is 1.37. The number of aliphatic hydroxyl groups is 1. The Morgan fingerprint density at radius 2 is 1.87 bits per heavy atom.